The second kappa shape index (κ2) is 11.5. The summed E-state index contributed by atoms with van der Waals surface area (Å²) >= 11 is 0. The van der Waals surface area contributed by atoms with Crippen molar-refractivity contribution >= 4 is 76.3 Å². The number of fused-ring (bicyclic) bond motifs is 11. The highest BCUT2D eigenvalue weighted by molar-refractivity contribution is 6.23. The number of aromatic nitrogens is 5. The van der Waals surface area contributed by atoms with Gasteiger partial charge in [-0.05, 0) is 53.2 Å². The number of para-hydroxylation sites is 3. The van der Waals surface area contributed by atoms with Gasteiger partial charge in [-0.15, -0.1) is 0 Å². The van der Waals surface area contributed by atoms with Crippen molar-refractivity contribution in [1.29, 1.82) is 0 Å². The van der Waals surface area contributed by atoms with Crippen molar-refractivity contribution in [1.82, 2.24) is 24.1 Å². The van der Waals surface area contributed by atoms with Gasteiger partial charge in [0.15, 0.2) is 11.6 Å². The van der Waals surface area contributed by atoms with Crippen molar-refractivity contribution in [2.45, 2.75) is 0 Å². The van der Waals surface area contributed by atoms with Crippen LogP contribution in [0.5, 0.6) is 0 Å². The Morgan fingerprint density at radius 1 is 0.364 bits per heavy atom. The lowest BCUT2D eigenvalue weighted by molar-refractivity contribution is 0.669. The van der Waals surface area contributed by atoms with E-state index in [4.69, 9.17) is 19.4 Å². The van der Waals surface area contributed by atoms with Crippen LogP contribution in [0.3, 0.4) is 0 Å². The molecular formula is C49H29N5O. The van der Waals surface area contributed by atoms with E-state index in [-0.39, 0.29) is 0 Å². The molecule has 256 valence electrons. The summed E-state index contributed by atoms with van der Waals surface area (Å²) in [6.07, 6.45) is 0. The summed E-state index contributed by atoms with van der Waals surface area (Å²) in [6.45, 7) is 0. The maximum Gasteiger partial charge on any atom is 0.238 e. The van der Waals surface area contributed by atoms with Crippen molar-refractivity contribution in [3.63, 3.8) is 0 Å². The maximum atomic E-state index is 6.33. The zero-order valence-corrected chi connectivity index (χ0v) is 29.4. The minimum Gasteiger partial charge on any atom is -0.456 e. The van der Waals surface area contributed by atoms with E-state index >= 15 is 0 Å². The Hall–Kier alpha value is -7.57. The highest BCUT2D eigenvalue weighted by Gasteiger charge is 2.23. The molecule has 4 aromatic heterocycles. The normalized spacial score (nSPS) is 12.0. The SMILES string of the molecule is c1ccc(-c2nc(-c3ccc4c(c3)oc3ccccc34)nc(-n3c4ccccc4c4ccc5c6ccccc6n(-c6ccc7ccccc7c6)c5c43)n2)cc1. The molecule has 6 nitrogen and oxygen atoms in total. The lowest BCUT2D eigenvalue weighted by Gasteiger charge is -2.13. The molecule has 0 saturated carbocycles. The largest absolute Gasteiger partial charge is 0.456 e. The zero-order chi connectivity index (χ0) is 36.0. The summed E-state index contributed by atoms with van der Waals surface area (Å²) < 4.78 is 11.0. The van der Waals surface area contributed by atoms with E-state index in [9.17, 15) is 0 Å². The van der Waals surface area contributed by atoms with E-state index in [2.05, 4.69) is 130 Å². The van der Waals surface area contributed by atoms with Crippen molar-refractivity contribution < 1.29 is 4.42 Å². The molecule has 55 heavy (non-hydrogen) atoms. The highest BCUT2D eigenvalue weighted by Crippen LogP contribution is 2.42. The summed E-state index contributed by atoms with van der Waals surface area (Å²) in [7, 11) is 0. The predicted octanol–water partition coefficient (Wildman–Crippen LogP) is 12.5. The van der Waals surface area contributed by atoms with Crippen molar-refractivity contribution in [2.75, 3.05) is 0 Å². The Morgan fingerprint density at radius 2 is 0.945 bits per heavy atom. The standard InChI is InChI=1S/C49H29N5O/c1-2-13-31(14-3-1)47-50-48(33-23-25-38-37-18-8-11-21-43(37)55-44(38)29-33)52-49(51-47)54-42-20-10-7-17-36(42)40-27-26-39-35-16-6-9-19-41(35)53(45(39)46(40)54)34-24-22-30-12-4-5-15-32(30)28-34/h1-29H. The smallest absolute Gasteiger partial charge is 0.238 e. The van der Waals surface area contributed by atoms with Crippen molar-refractivity contribution in [3.8, 4) is 34.4 Å². The summed E-state index contributed by atoms with van der Waals surface area (Å²) in [4.78, 5) is 15.7. The average Bonchev–Trinajstić information content (AvgIpc) is 3.91. The molecule has 4 heterocycles. The van der Waals surface area contributed by atoms with Crippen LogP contribution in [0.4, 0.5) is 0 Å². The minimum atomic E-state index is 0.544. The van der Waals surface area contributed by atoms with E-state index in [1.165, 1.54) is 16.2 Å². The summed E-state index contributed by atoms with van der Waals surface area (Å²) in [5.41, 5.74) is 8.78. The minimum absolute atomic E-state index is 0.544. The van der Waals surface area contributed by atoms with Crippen LogP contribution in [0.2, 0.25) is 0 Å². The number of rotatable bonds is 4. The van der Waals surface area contributed by atoms with Gasteiger partial charge >= 0.3 is 0 Å². The molecule has 0 unspecified atom stereocenters. The molecule has 0 saturated heterocycles. The Morgan fingerprint density at radius 3 is 1.73 bits per heavy atom. The first-order valence-corrected chi connectivity index (χ1v) is 18.4. The number of nitrogens with zero attached hydrogens (tertiary/aromatic N) is 5. The number of hydrogen-bond donors (Lipinski definition) is 0. The zero-order valence-electron chi connectivity index (χ0n) is 29.4. The molecule has 0 aliphatic rings. The molecule has 8 aromatic carbocycles. The number of hydrogen-bond acceptors (Lipinski definition) is 4. The second-order valence-electron chi connectivity index (χ2n) is 14.1. The molecular weight excluding hydrogens is 675 g/mol. The van der Waals surface area contributed by atoms with Crippen LogP contribution in [0.25, 0.3) is 111 Å². The second-order valence-corrected chi connectivity index (χ2v) is 14.1. The van der Waals surface area contributed by atoms with E-state index < -0.39 is 0 Å². The molecule has 0 radical (unpaired) electrons. The first kappa shape index (κ1) is 29.9. The van der Waals surface area contributed by atoms with Crippen molar-refractivity contribution in [3.05, 3.63) is 176 Å². The summed E-state index contributed by atoms with van der Waals surface area (Å²) in [5, 5.41) is 9.14. The molecule has 0 bridgehead atoms. The van der Waals surface area contributed by atoms with Crippen molar-refractivity contribution in [2.24, 2.45) is 0 Å². The number of benzene rings is 8. The molecule has 0 fully saturated rings. The Bertz CT molecular complexity index is 3500. The number of furan rings is 1. The molecule has 0 amide bonds. The van der Waals surface area contributed by atoms with Crippen LogP contribution < -0.4 is 0 Å². The highest BCUT2D eigenvalue weighted by atomic mass is 16.3. The van der Waals surface area contributed by atoms with Gasteiger partial charge in [-0.2, -0.15) is 9.97 Å². The van der Waals surface area contributed by atoms with E-state index in [0.717, 1.165) is 77.0 Å². The monoisotopic (exact) mass is 703 g/mol. The van der Waals surface area contributed by atoms with Gasteiger partial charge in [-0.25, -0.2) is 4.98 Å². The van der Waals surface area contributed by atoms with Crippen LogP contribution in [0.1, 0.15) is 0 Å². The molecule has 0 aliphatic carbocycles. The van der Waals surface area contributed by atoms with Crippen LogP contribution >= 0.6 is 0 Å². The van der Waals surface area contributed by atoms with Gasteiger partial charge in [0.25, 0.3) is 0 Å². The van der Waals surface area contributed by atoms with E-state index in [0.29, 0.717) is 17.6 Å². The van der Waals surface area contributed by atoms with Crippen LogP contribution in [-0.4, -0.2) is 24.1 Å². The van der Waals surface area contributed by atoms with Gasteiger partial charge in [0.05, 0.1) is 22.1 Å². The lowest BCUT2D eigenvalue weighted by Crippen LogP contribution is -2.07. The predicted molar refractivity (Wildman–Crippen MR) is 224 cm³/mol. The fourth-order valence-electron chi connectivity index (χ4n) is 8.47. The third kappa shape index (κ3) is 4.46. The summed E-state index contributed by atoms with van der Waals surface area (Å²) in [6, 6.07) is 61.5. The molecule has 6 heteroatoms. The lowest BCUT2D eigenvalue weighted by atomic mass is 10.1. The van der Waals surface area contributed by atoms with Crippen LogP contribution in [-0.2, 0) is 0 Å². The van der Waals surface area contributed by atoms with Gasteiger partial charge in [0.2, 0.25) is 5.95 Å². The van der Waals surface area contributed by atoms with Gasteiger partial charge in [0.1, 0.15) is 11.2 Å². The average molecular weight is 704 g/mol. The third-order valence-electron chi connectivity index (χ3n) is 11.0. The van der Waals surface area contributed by atoms with Gasteiger partial charge in [-0.1, -0.05) is 133 Å². The fraction of sp³-hybridized carbons (Fsp3) is 0. The van der Waals surface area contributed by atoms with Gasteiger partial charge < -0.3 is 8.98 Å². The van der Waals surface area contributed by atoms with Gasteiger partial charge in [-0.3, -0.25) is 4.57 Å². The topological polar surface area (TPSA) is 61.7 Å². The van der Waals surface area contributed by atoms with E-state index in [1.54, 1.807) is 0 Å². The molecule has 0 aliphatic heterocycles. The van der Waals surface area contributed by atoms with Gasteiger partial charge in [0, 0.05) is 49.1 Å². The Kier molecular flexibility index (Phi) is 6.24. The van der Waals surface area contributed by atoms with Crippen LogP contribution in [0, 0.1) is 0 Å². The summed E-state index contributed by atoms with van der Waals surface area (Å²) in [5.74, 6) is 1.71. The van der Waals surface area contributed by atoms with E-state index in [1.807, 2.05) is 54.6 Å². The quantitative estimate of drug-likeness (QED) is 0.183. The Labute approximate surface area is 314 Å². The fourth-order valence-corrected chi connectivity index (χ4v) is 8.47. The maximum absolute atomic E-state index is 6.33. The van der Waals surface area contributed by atoms with Crippen LogP contribution in [0.15, 0.2) is 180 Å². The Balaban J connectivity index is 1.20. The molecule has 0 spiro atoms. The first-order chi connectivity index (χ1) is 27.3. The molecule has 0 atom stereocenters. The molecule has 12 rings (SSSR count). The first-order valence-electron chi connectivity index (χ1n) is 18.4. The molecule has 0 N–H and O–H groups in total. The molecule has 12 aromatic rings. The third-order valence-corrected chi connectivity index (χ3v) is 11.0.